The fourth-order valence-corrected chi connectivity index (χ4v) is 1.71. The lowest BCUT2D eigenvalue weighted by Crippen LogP contribution is -2.14. The van der Waals surface area contributed by atoms with Crippen LogP contribution < -0.4 is 5.32 Å². The molecule has 0 aliphatic heterocycles. The fourth-order valence-electron chi connectivity index (χ4n) is 1.16. The second kappa shape index (κ2) is 4.60. The smallest absolute Gasteiger partial charge is 0.411 e. The van der Waals surface area contributed by atoms with E-state index >= 15 is 0 Å². The number of nitrogens with zero attached hydrogens (tertiary/aromatic N) is 4. The number of amides is 1. The molecule has 0 spiro atoms. The highest BCUT2D eigenvalue weighted by Gasteiger charge is 2.10. The summed E-state index contributed by atoms with van der Waals surface area (Å²) in [6, 6.07) is 1.70. The van der Waals surface area contributed by atoms with Gasteiger partial charge >= 0.3 is 6.09 Å². The van der Waals surface area contributed by atoms with Gasteiger partial charge in [0.2, 0.25) is 5.65 Å². The summed E-state index contributed by atoms with van der Waals surface area (Å²) in [5.74, 6) is 0. The molecule has 0 unspecified atom stereocenters. The van der Waals surface area contributed by atoms with E-state index in [1.165, 1.54) is 10.8 Å². The van der Waals surface area contributed by atoms with Crippen LogP contribution in [0.15, 0.2) is 12.4 Å². The lowest BCUT2D eigenvalue weighted by molar-refractivity contribution is 0.168. The number of anilines is 1. The van der Waals surface area contributed by atoms with E-state index in [-0.39, 0.29) is 0 Å². The first-order valence-corrected chi connectivity index (χ1v) is 5.59. The van der Waals surface area contributed by atoms with Crippen molar-refractivity contribution in [2.24, 2.45) is 0 Å². The highest BCUT2D eigenvalue weighted by molar-refractivity contribution is 14.1. The second-order valence-electron chi connectivity index (χ2n) is 2.83. The van der Waals surface area contributed by atoms with Gasteiger partial charge in [0.1, 0.15) is 10.0 Å². The molecule has 0 saturated heterocycles. The maximum atomic E-state index is 11.3. The van der Waals surface area contributed by atoms with Crippen molar-refractivity contribution in [1.29, 1.82) is 0 Å². The van der Waals surface area contributed by atoms with Gasteiger partial charge in [0.25, 0.3) is 0 Å². The van der Waals surface area contributed by atoms with Gasteiger partial charge in [0.05, 0.1) is 12.3 Å². The number of halogens is 1. The van der Waals surface area contributed by atoms with E-state index < -0.39 is 6.09 Å². The molecule has 0 fully saturated rings. The third kappa shape index (κ3) is 2.21. The molecule has 0 atom stereocenters. The summed E-state index contributed by atoms with van der Waals surface area (Å²) in [7, 11) is 0. The van der Waals surface area contributed by atoms with Crippen molar-refractivity contribution in [3.8, 4) is 0 Å². The maximum absolute atomic E-state index is 11.3. The number of carbonyl (C=O) groups is 1. The largest absolute Gasteiger partial charge is 0.450 e. The summed E-state index contributed by atoms with van der Waals surface area (Å²) < 4.78 is 6.99. The SMILES string of the molecule is CCOC(=O)Nc1cc(I)nn2cnnc12. The lowest BCUT2D eigenvalue weighted by Gasteiger charge is -2.05. The third-order valence-corrected chi connectivity index (χ3v) is 2.28. The molecule has 2 aromatic rings. The summed E-state index contributed by atoms with van der Waals surface area (Å²) in [5.41, 5.74) is 1.00. The Kier molecular flexibility index (Phi) is 3.17. The van der Waals surface area contributed by atoms with Crippen LogP contribution in [0.25, 0.3) is 5.65 Å². The Balaban J connectivity index is 2.35. The average Bonchev–Trinajstić information content (AvgIpc) is 2.65. The van der Waals surface area contributed by atoms with E-state index in [0.29, 0.717) is 17.9 Å². The van der Waals surface area contributed by atoms with Gasteiger partial charge in [0.15, 0.2) is 0 Å². The quantitative estimate of drug-likeness (QED) is 0.838. The number of hydrogen-bond acceptors (Lipinski definition) is 5. The Hall–Kier alpha value is -1.45. The summed E-state index contributed by atoms with van der Waals surface area (Å²) in [6.45, 7) is 2.06. The minimum atomic E-state index is -0.519. The molecular weight excluding hydrogens is 325 g/mol. The first-order valence-electron chi connectivity index (χ1n) is 4.51. The molecular formula is C8H8IN5O2. The van der Waals surface area contributed by atoms with Gasteiger partial charge in [-0.15, -0.1) is 10.2 Å². The number of ether oxygens (including phenoxy) is 1. The number of carbonyl (C=O) groups excluding carboxylic acids is 1. The minimum absolute atomic E-state index is 0.316. The molecule has 0 radical (unpaired) electrons. The second-order valence-corrected chi connectivity index (χ2v) is 3.93. The molecule has 7 nitrogen and oxygen atoms in total. The molecule has 84 valence electrons. The van der Waals surface area contributed by atoms with Crippen LogP contribution in [0.2, 0.25) is 0 Å². The van der Waals surface area contributed by atoms with Crippen LogP contribution in [0.1, 0.15) is 6.92 Å². The van der Waals surface area contributed by atoms with Gasteiger partial charge in [0, 0.05) is 0 Å². The Bertz CT molecular complexity index is 526. The molecule has 2 rings (SSSR count). The van der Waals surface area contributed by atoms with Crippen LogP contribution in [-0.4, -0.2) is 32.5 Å². The van der Waals surface area contributed by atoms with Gasteiger partial charge in [-0.3, -0.25) is 5.32 Å². The zero-order valence-electron chi connectivity index (χ0n) is 8.35. The normalized spacial score (nSPS) is 10.4. The molecule has 0 bridgehead atoms. The molecule has 16 heavy (non-hydrogen) atoms. The van der Waals surface area contributed by atoms with E-state index in [0.717, 1.165) is 3.70 Å². The predicted molar refractivity (Wildman–Crippen MR) is 64.1 cm³/mol. The van der Waals surface area contributed by atoms with Gasteiger partial charge in [-0.1, -0.05) is 0 Å². The average molecular weight is 333 g/mol. The van der Waals surface area contributed by atoms with Crippen molar-refractivity contribution in [1.82, 2.24) is 19.8 Å². The summed E-state index contributed by atoms with van der Waals surface area (Å²) in [4.78, 5) is 11.3. The van der Waals surface area contributed by atoms with Crippen molar-refractivity contribution in [2.45, 2.75) is 6.92 Å². The number of hydrogen-bond donors (Lipinski definition) is 1. The van der Waals surface area contributed by atoms with Crippen LogP contribution in [0.3, 0.4) is 0 Å². The fraction of sp³-hybridized carbons (Fsp3) is 0.250. The van der Waals surface area contributed by atoms with Crippen LogP contribution in [0, 0.1) is 3.70 Å². The van der Waals surface area contributed by atoms with Crippen molar-refractivity contribution < 1.29 is 9.53 Å². The molecule has 1 amide bonds. The standard InChI is InChI=1S/C8H8IN5O2/c1-2-16-8(15)11-5-3-6(9)13-14-4-10-12-7(5)14/h3-4H,2H2,1H3,(H,11,15). The molecule has 0 saturated carbocycles. The van der Waals surface area contributed by atoms with E-state index in [2.05, 4.69) is 20.6 Å². The van der Waals surface area contributed by atoms with Crippen molar-refractivity contribution in [3.63, 3.8) is 0 Å². The zero-order chi connectivity index (χ0) is 11.5. The Morgan fingerprint density at radius 2 is 2.50 bits per heavy atom. The first kappa shape index (κ1) is 11.0. The van der Waals surface area contributed by atoms with Gasteiger partial charge in [-0.2, -0.15) is 9.61 Å². The highest BCUT2D eigenvalue weighted by atomic mass is 127. The van der Waals surface area contributed by atoms with Gasteiger partial charge < -0.3 is 4.74 Å². The number of nitrogens with one attached hydrogen (secondary N) is 1. The summed E-state index contributed by atoms with van der Waals surface area (Å²) in [5, 5.41) is 14.3. The third-order valence-electron chi connectivity index (χ3n) is 1.75. The van der Waals surface area contributed by atoms with E-state index in [1.54, 1.807) is 13.0 Å². The molecule has 0 aliphatic carbocycles. The maximum Gasteiger partial charge on any atom is 0.411 e. The van der Waals surface area contributed by atoms with Crippen molar-refractivity contribution in [2.75, 3.05) is 11.9 Å². The molecule has 2 aromatic heterocycles. The Morgan fingerprint density at radius 3 is 3.25 bits per heavy atom. The van der Waals surface area contributed by atoms with E-state index in [4.69, 9.17) is 4.74 Å². The molecule has 8 heteroatoms. The number of aromatic nitrogens is 4. The van der Waals surface area contributed by atoms with Crippen molar-refractivity contribution in [3.05, 3.63) is 16.1 Å². The van der Waals surface area contributed by atoms with Crippen molar-refractivity contribution >= 4 is 40.0 Å². The van der Waals surface area contributed by atoms with E-state index in [9.17, 15) is 4.79 Å². The van der Waals surface area contributed by atoms with Crippen LogP contribution in [0.5, 0.6) is 0 Å². The highest BCUT2D eigenvalue weighted by Crippen LogP contribution is 2.16. The van der Waals surface area contributed by atoms with E-state index in [1.807, 2.05) is 22.6 Å². The zero-order valence-corrected chi connectivity index (χ0v) is 10.5. The number of fused-ring (bicyclic) bond motifs is 1. The topological polar surface area (TPSA) is 81.4 Å². The predicted octanol–water partition coefficient (Wildman–Crippen LogP) is 1.30. The monoisotopic (exact) mass is 333 g/mol. The molecule has 1 N–H and O–H groups in total. The minimum Gasteiger partial charge on any atom is -0.450 e. The molecule has 0 aromatic carbocycles. The summed E-state index contributed by atoms with van der Waals surface area (Å²) >= 11 is 2.04. The lowest BCUT2D eigenvalue weighted by atomic mass is 10.4. The van der Waals surface area contributed by atoms with Crippen LogP contribution in [-0.2, 0) is 4.74 Å². The molecule has 0 aliphatic rings. The van der Waals surface area contributed by atoms with Gasteiger partial charge in [-0.05, 0) is 35.6 Å². The van der Waals surface area contributed by atoms with Crippen LogP contribution >= 0.6 is 22.6 Å². The van der Waals surface area contributed by atoms with Gasteiger partial charge in [-0.25, -0.2) is 4.79 Å². The number of rotatable bonds is 2. The summed E-state index contributed by atoms with van der Waals surface area (Å²) in [6.07, 6.45) is 0.947. The Morgan fingerprint density at radius 1 is 1.69 bits per heavy atom. The Labute approximate surface area is 104 Å². The first-order chi connectivity index (χ1) is 7.70. The molecule has 2 heterocycles. The van der Waals surface area contributed by atoms with Crippen LogP contribution in [0.4, 0.5) is 10.5 Å².